The molecule has 0 heterocycles. The molecule has 0 unspecified atom stereocenters. The summed E-state index contributed by atoms with van der Waals surface area (Å²) in [6, 6.07) is 22.4. The van der Waals surface area contributed by atoms with Crippen LogP contribution in [0.4, 0.5) is 5.69 Å². The predicted molar refractivity (Wildman–Crippen MR) is 171 cm³/mol. The highest BCUT2D eigenvalue weighted by Gasteiger charge is 2.31. The summed E-state index contributed by atoms with van der Waals surface area (Å²) >= 11 is 0. The first-order chi connectivity index (χ1) is 19.9. The molecule has 0 fully saturated rings. The Morgan fingerprint density at radius 3 is 2.17 bits per heavy atom. The Morgan fingerprint density at radius 2 is 1.52 bits per heavy atom. The zero-order valence-electron chi connectivity index (χ0n) is 25.8. The zero-order valence-corrected chi connectivity index (χ0v) is 26.6. The molecule has 226 valence electrons. The number of amides is 2. The van der Waals surface area contributed by atoms with Crippen LogP contribution in [-0.2, 0) is 32.6 Å². The number of hydrogen-bond acceptors (Lipinski definition) is 4. The molecule has 1 N–H and O–H groups in total. The Hall–Kier alpha value is -3.65. The molecule has 0 radical (unpaired) electrons. The standard InChI is InChI=1S/C34H45N3O4S/c1-7-27(4)35-34(39)32(23-29-17-9-8-10-18-29)36(24-30-19-12-11-15-26(30)3)33(38)21-14-22-37(42(6,40)41)31-20-13-16-25(2)28(31)5/h8-13,15-20,27,32H,7,14,21-24H2,1-6H3,(H,35,39)/t27-,32-/m0/s1. The van der Waals surface area contributed by atoms with Gasteiger partial charge in [0.25, 0.3) is 0 Å². The fraction of sp³-hybridized carbons (Fsp3) is 0.412. The first-order valence-electron chi connectivity index (χ1n) is 14.6. The van der Waals surface area contributed by atoms with Crippen molar-refractivity contribution in [1.82, 2.24) is 10.2 Å². The molecule has 0 aliphatic rings. The second-order valence-corrected chi connectivity index (χ2v) is 13.0. The average molecular weight is 592 g/mol. The van der Waals surface area contributed by atoms with Crippen molar-refractivity contribution in [3.63, 3.8) is 0 Å². The molecular formula is C34H45N3O4S. The molecule has 0 saturated heterocycles. The first-order valence-corrected chi connectivity index (χ1v) is 16.5. The molecule has 3 aromatic carbocycles. The minimum atomic E-state index is -3.57. The van der Waals surface area contributed by atoms with Gasteiger partial charge in [-0.05, 0) is 74.4 Å². The quantitative estimate of drug-likeness (QED) is 0.260. The molecule has 0 saturated carbocycles. The van der Waals surface area contributed by atoms with E-state index in [1.807, 2.05) is 101 Å². The second kappa shape index (κ2) is 15.0. The Kier molecular flexibility index (Phi) is 11.7. The molecule has 3 aromatic rings. The summed E-state index contributed by atoms with van der Waals surface area (Å²) in [5.41, 5.74) is 5.47. The number of aryl methyl sites for hydroxylation is 2. The fourth-order valence-electron chi connectivity index (χ4n) is 4.95. The molecule has 0 aliphatic carbocycles. The monoisotopic (exact) mass is 591 g/mol. The largest absolute Gasteiger partial charge is 0.352 e. The summed E-state index contributed by atoms with van der Waals surface area (Å²) in [5.74, 6) is -0.379. The number of carbonyl (C=O) groups excluding carboxylic acids is 2. The average Bonchev–Trinajstić information content (AvgIpc) is 2.95. The summed E-state index contributed by atoms with van der Waals surface area (Å²) < 4.78 is 27.0. The first kappa shape index (κ1) is 32.9. The molecule has 2 amide bonds. The molecule has 3 rings (SSSR count). The predicted octanol–water partition coefficient (Wildman–Crippen LogP) is 5.71. The lowest BCUT2D eigenvalue weighted by atomic mass is 10.0. The minimum absolute atomic E-state index is 0.0351. The number of nitrogens with zero attached hydrogens (tertiary/aromatic N) is 2. The van der Waals surface area contributed by atoms with E-state index in [9.17, 15) is 18.0 Å². The van der Waals surface area contributed by atoms with Crippen LogP contribution in [-0.4, -0.2) is 50.0 Å². The highest BCUT2D eigenvalue weighted by molar-refractivity contribution is 7.92. The van der Waals surface area contributed by atoms with Crippen LogP contribution in [0.25, 0.3) is 0 Å². The molecule has 0 spiro atoms. The van der Waals surface area contributed by atoms with Gasteiger partial charge < -0.3 is 10.2 Å². The van der Waals surface area contributed by atoms with E-state index in [-0.39, 0.29) is 37.4 Å². The van der Waals surface area contributed by atoms with Crippen molar-refractivity contribution in [2.45, 2.75) is 78.9 Å². The van der Waals surface area contributed by atoms with Gasteiger partial charge in [-0.3, -0.25) is 13.9 Å². The fourth-order valence-corrected chi connectivity index (χ4v) is 5.97. The highest BCUT2D eigenvalue weighted by atomic mass is 32.2. The summed E-state index contributed by atoms with van der Waals surface area (Å²) in [4.78, 5) is 29.4. The third kappa shape index (κ3) is 8.92. The summed E-state index contributed by atoms with van der Waals surface area (Å²) in [6.45, 7) is 10.3. The van der Waals surface area contributed by atoms with Crippen molar-refractivity contribution < 1.29 is 18.0 Å². The zero-order chi connectivity index (χ0) is 30.9. The number of benzene rings is 3. The van der Waals surface area contributed by atoms with E-state index in [4.69, 9.17) is 0 Å². The highest BCUT2D eigenvalue weighted by Crippen LogP contribution is 2.26. The van der Waals surface area contributed by atoms with Crippen LogP contribution >= 0.6 is 0 Å². The molecule has 0 aliphatic heterocycles. The van der Waals surface area contributed by atoms with Crippen LogP contribution < -0.4 is 9.62 Å². The van der Waals surface area contributed by atoms with Crippen molar-refractivity contribution in [3.8, 4) is 0 Å². The van der Waals surface area contributed by atoms with Crippen LogP contribution in [0.15, 0.2) is 72.8 Å². The maximum absolute atomic E-state index is 14.0. The van der Waals surface area contributed by atoms with Crippen molar-refractivity contribution in [3.05, 3.63) is 101 Å². The van der Waals surface area contributed by atoms with Gasteiger partial charge >= 0.3 is 0 Å². The molecular weight excluding hydrogens is 546 g/mol. The van der Waals surface area contributed by atoms with E-state index in [1.165, 1.54) is 10.6 Å². The third-order valence-corrected chi connectivity index (χ3v) is 9.05. The van der Waals surface area contributed by atoms with Crippen molar-refractivity contribution in [1.29, 1.82) is 0 Å². The second-order valence-electron chi connectivity index (χ2n) is 11.1. The summed E-state index contributed by atoms with van der Waals surface area (Å²) in [7, 11) is -3.57. The van der Waals surface area contributed by atoms with Gasteiger partial charge in [0.1, 0.15) is 6.04 Å². The van der Waals surface area contributed by atoms with E-state index < -0.39 is 16.1 Å². The van der Waals surface area contributed by atoms with Crippen LogP contribution in [0, 0.1) is 20.8 Å². The van der Waals surface area contributed by atoms with Gasteiger partial charge in [0, 0.05) is 32.0 Å². The van der Waals surface area contributed by atoms with E-state index >= 15 is 0 Å². The Bertz CT molecular complexity index is 1460. The number of rotatable bonds is 14. The number of sulfonamides is 1. The normalized spacial score (nSPS) is 12.8. The van der Waals surface area contributed by atoms with Gasteiger partial charge in [-0.1, -0.05) is 73.7 Å². The van der Waals surface area contributed by atoms with Gasteiger partial charge in [0.2, 0.25) is 21.8 Å². The molecule has 2 atom stereocenters. The van der Waals surface area contributed by atoms with Gasteiger partial charge in [0.05, 0.1) is 11.9 Å². The lowest BCUT2D eigenvalue weighted by Crippen LogP contribution is -2.52. The molecule has 42 heavy (non-hydrogen) atoms. The summed E-state index contributed by atoms with van der Waals surface area (Å²) in [5, 5.41) is 3.09. The maximum atomic E-state index is 14.0. The van der Waals surface area contributed by atoms with Crippen molar-refractivity contribution in [2.75, 3.05) is 17.1 Å². The van der Waals surface area contributed by atoms with E-state index in [2.05, 4.69) is 5.32 Å². The maximum Gasteiger partial charge on any atom is 0.243 e. The molecule has 0 aromatic heterocycles. The smallest absolute Gasteiger partial charge is 0.243 e. The summed E-state index contributed by atoms with van der Waals surface area (Å²) in [6.07, 6.45) is 2.75. The van der Waals surface area contributed by atoms with E-state index in [0.717, 1.165) is 34.2 Å². The molecule has 0 bridgehead atoms. The van der Waals surface area contributed by atoms with Gasteiger partial charge in [-0.15, -0.1) is 0 Å². The number of hydrogen-bond donors (Lipinski definition) is 1. The van der Waals surface area contributed by atoms with E-state index in [0.29, 0.717) is 18.5 Å². The van der Waals surface area contributed by atoms with Gasteiger partial charge in [-0.25, -0.2) is 8.42 Å². The van der Waals surface area contributed by atoms with Crippen molar-refractivity contribution in [2.24, 2.45) is 0 Å². The molecule has 8 heteroatoms. The lowest BCUT2D eigenvalue weighted by Gasteiger charge is -2.33. The Morgan fingerprint density at radius 1 is 0.881 bits per heavy atom. The van der Waals surface area contributed by atoms with Crippen molar-refractivity contribution >= 4 is 27.5 Å². The van der Waals surface area contributed by atoms with E-state index in [1.54, 1.807) is 11.0 Å². The number of nitrogens with one attached hydrogen (secondary N) is 1. The minimum Gasteiger partial charge on any atom is -0.352 e. The van der Waals surface area contributed by atoms with Gasteiger partial charge in [0.15, 0.2) is 0 Å². The van der Waals surface area contributed by atoms with Crippen LogP contribution in [0.5, 0.6) is 0 Å². The Balaban J connectivity index is 1.92. The number of anilines is 1. The van der Waals surface area contributed by atoms with Gasteiger partial charge in [-0.2, -0.15) is 0 Å². The van der Waals surface area contributed by atoms with Crippen LogP contribution in [0.2, 0.25) is 0 Å². The van der Waals surface area contributed by atoms with Crippen LogP contribution in [0.3, 0.4) is 0 Å². The third-order valence-electron chi connectivity index (χ3n) is 7.87. The molecule has 7 nitrogen and oxygen atoms in total. The Labute approximate surface area is 252 Å². The SMILES string of the molecule is CC[C@H](C)NC(=O)[C@H](Cc1ccccc1)N(Cc1ccccc1C)C(=O)CCCN(c1cccc(C)c1C)S(C)(=O)=O. The number of carbonyl (C=O) groups is 2. The lowest BCUT2D eigenvalue weighted by molar-refractivity contribution is -0.141. The van der Waals surface area contributed by atoms with Crippen LogP contribution in [0.1, 0.15) is 60.9 Å². The topological polar surface area (TPSA) is 86.8 Å².